The van der Waals surface area contributed by atoms with Crippen molar-refractivity contribution in [3.05, 3.63) is 66.1 Å². The van der Waals surface area contributed by atoms with E-state index in [0.29, 0.717) is 40.1 Å². The summed E-state index contributed by atoms with van der Waals surface area (Å²) >= 11 is 0. The zero-order valence-electron chi connectivity index (χ0n) is 24.0. The van der Waals surface area contributed by atoms with Crippen molar-refractivity contribution in [3.63, 3.8) is 0 Å². The monoisotopic (exact) mass is 576 g/mol. The fourth-order valence-electron chi connectivity index (χ4n) is 4.48. The van der Waals surface area contributed by atoms with Crippen LogP contribution in [0, 0.1) is 0 Å². The Balaban J connectivity index is 1.46. The molecule has 5 rings (SSSR count). The first-order valence-corrected chi connectivity index (χ1v) is 13.2. The van der Waals surface area contributed by atoms with Crippen LogP contribution in [-0.4, -0.2) is 63.5 Å². The summed E-state index contributed by atoms with van der Waals surface area (Å²) in [7, 11) is 3.08. The molecule has 0 bridgehead atoms. The lowest BCUT2D eigenvalue weighted by atomic mass is 10.1. The van der Waals surface area contributed by atoms with Gasteiger partial charge in [0, 0.05) is 17.6 Å². The van der Waals surface area contributed by atoms with Crippen molar-refractivity contribution in [2.24, 2.45) is 0 Å². The van der Waals surface area contributed by atoms with Crippen LogP contribution >= 0.6 is 0 Å². The molecule has 220 valence electrons. The van der Waals surface area contributed by atoms with Gasteiger partial charge in [0.25, 0.3) is 5.91 Å². The summed E-state index contributed by atoms with van der Waals surface area (Å²) in [5, 5.41) is 15.6. The van der Waals surface area contributed by atoms with Gasteiger partial charge in [-0.05, 0) is 74.0 Å². The maximum absolute atomic E-state index is 14.0. The van der Waals surface area contributed by atoms with Crippen molar-refractivity contribution in [3.8, 4) is 34.4 Å². The summed E-state index contributed by atoms with van der Waals surface area (Å²) < 4.78 is 27.3. The number of ether oxygens (including phenoxy) is 4. The number of aromatic nitrogens is 4. The highest BCUT2D eigenvalue weighted by atomic mass is 16.7. The van der Waals surface area contributed by atoms with E-state index >= 15 is 0 Å². The second-order valence-electron chi connectivity index (χ2n) is 10.6. The molecule has 0 fully saturated rings. The molecule has 1 N–H and O–H groups in total. The van der Waals surface area contributed by atoms with E-state index in [1.54, 1.807) is 49.6 Å². The maximum Gasteiger partial charge on any atom is 0.251 e. The summed E-state index contributed by atoms with van der Waals surface area (Å²) in [5.74, 6) is 2.00. The van der Waals surface area contributed by atoms with Crippen LogP contribution in [0.2, 0.25) is 0 Å². The minimum absolute atomic E-state index is 0.0651. The number of amides is 2. The standard InChI is InChI=1S/C29H32N6O7/c1-29(2,3)30-28(37)26(22-7-6-12-40-22)34(15-18-8-10-21-24(13-18)42-17-41-21)25(36)16-35-32-27(31-33-35)19-9-11-20(38-4)23(14-19)39-5/h6-14,26H,15-17H2,1-5H3,(H,30,37). The van der Waals surface area contributed by atoms with Crippen LogP contribution in [0.1, 0.15) is 38.1 Å². The first-order valence-electron chi connectivity index (χ1n) is 13.2. The van der Waals surface area contributed by atoms with E-state index in [0.717, 1.165) is 5.56 Å². The quantitative estimate of drug-likeness (QED) is 0.298. The predicted octanol–water partition coefficient (Wildman–Crippen LogP) is 3.36. The Kier molecular flexibility index (Phi) is 8.00. The molecule has 2 aromatic carbocycles. The molecular weight excluding hydrogens is 544 g/mol. The number of fused-ring (bicyclic) bond motifs is 1. The van der Waals surface area contributed by atoms with Crippen molar-refractivity contribution >= 4 is 11.8 Å². The number of carbonyl (C=O) groups excluding carboxylic acids is 2. The molecule has 0 saturated carbocycles. The van der Waals surface area contributed by atoms with Gasteiger partial charge in [-0.25, -0.2) is 0 Å². The van der Waals surface area contributed by atoms with Crippen LogP contribution in [-0.2, 0) is 22.7 Å². The summed E-state index contributed by atoms with van der Waals surface area (Å²) in [6, 6.07) is 12.8. The zero-order valence-corrected chi connectivity index (χ0v) is 24.0. The fraction of sp³-hybridized carbons (Fsp3) is 0.345. The van der Waals surface area contributed by atoms with Gasteiger partial charge >= 0.3 is 0 Å². The third-order valence-corrected chi connectivity index (χ3v) is 6.35. The molecule has 0 spiro atoms. The van der Waals surface area contributed by atoms with Crippen LogP contribution in [0.3, 0.4) is 0 Å². The molecule has 3 heterocycles. The van der Waals surface area contributed by atoms with Crippen molar-refractivity contribution in [2.45, 2.75) is 45.4 Å². The van der Waals surface area contributed by atoms with Gasteiger partial charge in [0.05, 0.1) is 20.5 Å². The number of methoxy groups -OCH3 is 2. The van der Waals surface area contributed by atoms with Crippen LogP contribution in [0.5, 0.6) is 23.0 Å². The van der Waals surface area contributed by atoms with E-state index in [4.69, 9.17) is 23.4 Å². The number of hydrogen-bond donors (Lipinski definition) is 1. The van der Waals surface area contributed by atoms with Gasteiger partial charge in [0.15, 0.2) is 29.0 Å². The Morgan fingerprint density at radius 2 is 1.83 bits per heavy atom. The minimum Gasteiger partial charge on any atom is -0.493 e. The third-order valence-electron chi connectivity index (χ3n) is 6.35. The molecule has 4 aromatic rings. The van der Waals surface area contributed by atoms with Crippen LogP contribution in [0.4, 0.5) is 0 Å². The summed E-state index contributed by atoms with van der Waals surface area (Å²) in [4.78, 5) is 30.2. The second kappa shape index (κ2) is 11.8. The van der Waals surface area contributed by atoms with Gasteiger partial charge in [-0.2, -0.15) is 4.80 Å². The van der Waals surface area contributed by atoms with Crippen LogP contribution < -0.4 is 24.3 Å². The molecule has 1 aliphatic rings. The van der Waals surface area contributed by atoms with E-state index in [-0.39, 0.29) is 19.9 Å². The summed E-state index contributed by atoms with van der Waals surface area (Å²) in [6.45, 7) is 5.49. The van der Waals surface area contributed by atoms with Gasteiger partial charge in [-0.15, -0.1) is 10.2 Å². The number of benzene rings is 2. The Morgan fingerprint density at radius 1 is 1.05 bits per heavy atom. The number of nitrogens with zero attached hydrogens (tertiary/aromatic N) is 5. The second-order valence-corrected chi connectivity index (χ2v) is 10.6. The zero-order chi connectivity index (χ0) is 29.9. The van der Waals surface area contributed by atoms with Gasteiger partial charge in [-0.3, -0.25) is 9.59 Å². The Morgan fingerprint density at radius 3 is 2.55 bits per heavy atom. The normalized spacial score (nSPS) is 13.0. The van der Waals surface area contributed by atoms with E-state index in [1.807, 2.05) is 26.8 Å². The molecule has 0 saturated heterocycles. The smallest absolute Gasteiger partial charge is 0.251 e. The fourth-order valence-corrected chi connectivity index (χ4v) is 4.48. The average Bonchev–Trinajstić information content (AvgIpc) is 3.73. The summed E-state index contributed by atoms with van der Waals surface area (Å²) in [6.07, 6.45) is 1.46. The van der Waals surface area contributed by atoms with Gasteiger partial charge in [0.2, 0.25) is 18.5 Å². The molecular formula is C29H32N6O7. The Labute approximate surface area is 242 Å². The van der Waals surface area contributed by atoms with E-state index < -0.39 is 23.4 Å². The highest BCUT2D eigenvalue weighted by molar-refractivity contribution is 5.88. The topological polar surface area (TPSA) is 143 Å². The molecule has 42 heavy (non-hydrogen) atoms. The highest BCUT2D eigenvalue weighted by Crippen LogP contribution is 2.34. The van der Waals surface area contributed by atoms with E-state index in [9.17, 15) is 9.59 Å². The van der Waals surface area contributed by atoms with Crippen molar-refractivity contribution < 1.29 is 33.0 Å². The Bertz CT molecular complexity index is 1560. The highest BCUT2D eigenvalue weighted by Gasteiger charge is 2.36. The minimum atomic E-state index is -1.08. The number of rotatable bonds is 10. The lowest BCUT2D eigenvalue weighted by Gasteiger charge is -2.32. The Hall–Kier alpha value is -5.07. The lowest BCUT2D eigenvalue weighted by Crippen LogP contribution is -2.49. The molecule has 1 unspecified atom stereocenters. The lowest BCUT2D eigenvalue weighted by molar-refractivity contribution is -0.143. The van der Waals surface area contributed by atoms with Gasteiger partial charge < -0.3 is 33.6 Å². The van der Waals surface area contributed by atoms with E-state index in [1.165, 1.54) is 23.1 Å². The molecule has 1 atom stereocenters. The number of nitrogens with one attached hydrogen (secondary N) is 1. The number of hydrogen-bond acceptors (Lipinski definition) is 10. The van der Waals surface area contributed by atoms with Gasteiger partial charge in [-0.1, -0.05) is 6.07 Å². The summed E-state index contributed by atoms with van der Waals surface area (Å²) in [5.41, 5.74) is 0.795. The molecule has 2 amide bonds. The van der Waals surface area contributed by atoms with Crippen LogP contribution in [0.25, 0.3) is 11.4 Å². The van der Waals surface area contributed by atoms with Crippen LogP contribution in [0.15, 0.2) is 59.2 Å². The first-order chi connectivity index (χ1) is 20.1. The van der Waals surface area contributed by atoms with Gasteiger partial charge in [0.1, 0.15) is 12.3 Å². The third kappa shape index (κ3) is 6.29. The number of carbonyl (C=O) groups is 2. The molecule has 2 aromatic heterocycles. The average molecular weight is 577 g/mol. The first kappa shape index (κ1) is 28.5. The molecule has 0 aliphatic carbocycles. The molecule has 13 heteroatoms. The number of furan rings is 1. The number of tetrazole rings is 1. The van der Waals surface area contributed by atoms with Crippen molar-refractivity contribution in [1.29, 1.82) is 0 Å². The van der Waals surface area contributed by atoms with Crippen molar-refractivity contribution in [1.82, 2.24) is 30.4 Å². The SMILES string of the molecule is COc1ccc(-c2nnn(CC(=O)N(Cc3ccc4c(c3)OCO4)C(C(=O)NC(C)(C)C)c3ccco3)n2)cc1OC. The molecule has 1 aliphatic heterocycles. The maximum atomic E-state index is 14.0. The molecule has 0 radical (unpaired) electrons. The molecule has 13 nitrogen and oxygen atoms in total. The predicted molar refractivity (Wildman–Crippen MR) is 149 cm³/mol. The van der Waals surface area contributed by atoms with Crippen molar-refractivity contribution in [2.75, 3.05) is 21.0 Å². The largest absolute Gasteiger partial charge is 0.493 e. The van der Waals surface area contributed by atoms with E-state index in [2.05, 4.69) is 20.7 Å².